The van der Waals surface area contributed by atoms with Crippen molar-refractivity contribution in [3.05, 3.63) is 0 Å². The number of hydrogen-bond acceptors (Lipinski definition) is 4. The van der Waals surface area contributed by atoms with Gasteiger partial charge in [-0.3, -0.25) is 0 Å². The van der Waals surface area contributed by atoms with Crippen LogP contribution in [0.2, 0.25) is 0 Å². The molecular weight excluding hydrogens is 369 g/mol. The molecule has 0 radical (unpaired) electrons. The molecule has 0 aliphatic heterocycles. The molecule has 0 aliphatic rings. The number of carbonyl (C=O) groups is 2. The van der Waals surface area contributed by atoms with E-state index in [0.717, 1.165) is 25.7 Å². The molecule has 0 atom stereocenters. The molecule has 0 N–H and O–H groups in total. The number of carbonyl (C=O) groups excluding carboxylic acids is 2. The number of aliphatic carboxylic acids is 2. The Bertz CT molecular complexity index is 280. The fourth-order valence-electron chi connectivity index (χ4n) is 2.27. The van der Waals surface area contributed by atoms with Gasteiger partial charge in [0.1, 0.15) is 0 Å². The Morgan fingerprint density at radius 2 is 1.32 bits per heavy atom. The third-order valence-corrected chi connectivity index (χ3v) is 3.63. The molecule has 0 saturated heterocycles. The molecule has 0 heterocycles. The summed E-state index contributed by atoms with van der Waals surface area (Å²) in [5.74, 6) is -3.07. The zero-order valence-corrected chi connectivity index (χ0v) is 17.0. The fourth-order valence-corrected chi connectivity index (χ4v) is 2.27. The van der Waals surface area contributed by atoms with Gasteiger partial charge in [0, 0.05) is 0 Å². The molecule has 106 valence electrons. The minimum absolute atomic E-state index is 0. The second-order valence-corrected chi connectivity index (χ2v) is 5.89. The molecule has 0 unspecified atom stereocenters. The average Bonchev–Trinajstić information content (AvgIpc) is 2.20. The van der Waals surface area contributed by atoms with Crippen molar-refractivity contribution in [1.82, 2.24) is 0 Å². The monoisotopic (exact) mass is 394 g/mol. The van der Waals surface area contributed by atoms with Crippen molar-refractivity contribution < 1.29 is 19.8 Å². The molecule has 4 nitrogen and oxygen atoms in total. The summed E-state index contributed by atoms with van der Waals surface area (Å²) in [6.45, 7) is 6.89. The minimum Gasteiger partial charge on any atom is -0.549 e. The molecule has 0 amide bonds. The summed E-state index contributed by atoms with van der Waals surface area (Å²) in [6.07, 6.45) is 4.65. The van der Waals surface area contributed by atoms with E-state index in [0.29, 0.717) is 6.42 Å². The zero-order chi connectivity index (χ0) is 14.4. The normalized spacial score (nSPS) is 11.8. The van der Waals surface area contributed by atoms with Gasteiger partial charge in [-0.15, -0.1) is 0 Å². The standard InChI is InChI=1S/C14H26O4.Ba/c1-5-6-7-8-9-10-14(11(15)16,12(17)18)13(2,3)4;/h5-10H2,1-4H3,(H,15,16)(H,17,18);/q;+2/p-2. The number of hydrogen-bond donors (Lipinski definition) is 0. The largest absolute Gasteiger partial charge is 2.00 e. The van der Waals surface area contributed by atoms with Gasteiger partial charge >= 0.3 is 48.9 Å². The van der Waals surface area contributed by atoms with E-state index >= 15 is 0 Å². The Kier molecular flexibility index (Phi) is 10.8. The zero-order valence-electron chi connectivity index (χ0n) is 12.6. The van der Waals surface area contributed by atoms with E-state index in [2.05, 4.69) is 6.92 Å². The van der Waals surface area contributed by atoms with Crippen LogP contribution in [0.15, 0.2) is 0 Å². The van der Waals surface area contributed by atoms with Gasteiger partial charge in [0.25, 0.3) is 0 Å². The third-order valence-electron chi connectivity index (χ3n) is 3.63. The van der Waals surface area contributed by atoms with Crippen LogP contribution in [-0.2, 0) is 9.59 Å². The first-order chi connectivity index (χ1) is 8.20. The number of rotatable bonds is 8. The van der Waals surface area contributed by atoms with Crippen molar-refractivity contribution in [3.8, 4) is 0 Å². The Hall–Kier alpha value is 0.511. The molecule has 0 saturated carbocycles. The number of carboxylic acid groups (broad SMARTS) is 2. The summed E-state index contributed by atoms with van der Waals surface area (Å²) < 4.78 is 0. The van der Waals surface area contributed by atoms with Gasteiger partial charge in [0.15, 0.2) is 0 Å². The summed E-state index contributed by atoms with van der Waals surface area (Å²) in [6, 6.07) is 0. The fraction of sp³-hybridized carbons (Fsp3) is 0.857. The van der Waals surface area contributed by atoms with Crippen LogP contribution in [0.1, 0.15) is 66.2 Å². The van der Waals surface area contributed by atoms with E-state index in [1.165, 1.54) is 0 Å². The molecule has 0 aromatic heterocycles. The summed E-state index contributed by atoms with van der Waals surface area (Å²) in [4.78, 5) is 22.6. The van der Waals surface area contributed by atoms with Crippen LogP contribution in [0.4, 0.5) is 0 Å². The molecule has 19 heavy (non-hydrogen) atoms. The van der Waals surface area contributed by atoms with E-state index in [1.807, 2.05) is 0 Å². The van der Waals surface area contributed by atoms with Crippen molar-refractivity contribution in [2.75, 3.05) is 0 Å². The van der Waals surface area contributed by atoms with E-state index in [1.54, 1.807) is 20.8 Å². The van der Waals surface area contributed by atoms with Crippen molar-refractivity contribution in [2.24, 2.45) is 10.8 Å². The van der Waals surface area contributed by atoms with E-state index in [4.69, 9.17) is 0 Å². The van der Waals surface area contributed by atoms with Gasteiger partial charge in [-0.25, -0.2) is 0 Å². The number of carboxylic acids is 2. The summed E-state index contributed by atoms with van der Waals surface area (Å²) >= 11 is 0. The van der Waals surface area contributed by atoms with Gasteiger partial charge in [-0.2, -0.15) is 0 Å². The van der Waals surface area contributed by atoms with E-state index in [9.17, 15) is 19.8 Å². The second-order valence-electron chi connectivity index (χ2n) is 5.89. The molecule has 0 aliphatic carbocycles. The van der Waals surface area contributed by atoms with Crippen LogP contribution >= 0.6 is 0 Å². The molecule has 0 bridgehead atoms. The van der Waals surface area contributed by atoms with Gasteiger partial charge in [-0.1, -0.05) is 59.8 Å². The molecular formula is C14H24BaO4. The van der Waals surface area contributed by atoms with Gasteiger partial charge in [0.2, 0.25) is 0 Å². The van der Waals surface area contributed by atoms with E-state index in [-0.39, 0.29) is 55.3 Å². The molecule has 0 rings (SSSR count). The predicted octanol–water partition coefficient (Wildman–Crippen LogP) is 0.498. The predicted molar refractivity (Wildman–Crippen MR) is 71.0 cm³/mol. The summed E-state index contributed by atoms with van der Waals surface area (Å²) in [5.41, 5.74) is -2.82. The Morgan fingerprint density at radius 1 is 0.895 bits per heavy atom. The first kappa shape index (κ1) is 21.8. The van der Waals surface area contributed by atoms with Gasteiger partial charge < -0.3 is 19.8 Å². The maximum Gasteiger partial charge on any atom is 2.00 e. The molecule has 0 aromatic carbocycles. The molecule has 0 fully saturated rings. The molecule has 0 spiro atoms. The SMILES string of the molecule is CCCCCCCC(C(=O)[O-])(C(=O)[O-])C(C)(C)C.[Ba+2]. The van der Waals surface area contributed by atoms with Crippen LogP contribution in [0, 0.1) is 10.8 Å². The first-order valence-corrected chi connectivity index (χ1v) is 6.63. The maximum absolute atomic E-state index is 11.3. The topological polar surface area (TPSA) is 80.3 Å². The first-order valence-electron chi connectivity index (χ1n) is 6.63. The molecule has 5 heteroatoms. The van der Waals surface area contributed by atoms with Crippen molar-refractivity contribution in [2.45, 2.75) is 66.2 Å². The Labute approximate surface area is 156 Å². The second kappa shape index (κ2) is 9.45. The van der Waals surface area contributed by atoms with Crippen molar-refractivity contribution in [1.29, 1.82) is 0 Å². The van der Waals surface area contributed by atoms with Gasteiger partial charge in [0.05, 0.1) is 17.4 Å². The van der Waals surface area contributed by atoms with Crippen LogP contribution in [0.5, 0.6) is 0 Å². The van der Waals surface area contributed by atoms with E-state index < -0.39 is 22.8 Å². The Morgan fingerprint density at radius 3 is 1.63 bits per heavy atom. The van der Waals surface area contributed by atoms with Crippen molar-refractivity contribution in [3.63, 3.8) is 0 Å². The quantitative estimate of drug-likeness (QED) is 0.342. The van der Waals surface area contributed by atoms with Gasteiger partial charge in [-0.05, 0) is 11.8 Å². The Balaban J connectivity index is 0. The third kappa shape index (κ3) is 5.79. The maximum atomic E-state index is 11.3. The van der Waals surface area contributed by atoms with Crippen LogP contribution in [-0.4, -0.2) is 60.8 Å². The van der Waals surface area contributed by atoms with Crippen molar-refractivity contribution >= 4 is 60.8 Å². The van der Waals surface area contributed by atoms with Crippen LogP contribution in [0.25, 0.3) is 0 Å². The number of unbranched alkanes of at least 4 members (excludes halogenated alkanes) is 4. The summed E-state index contributed by atoms with van der Waals surface area (Å²) in [7, 11) is 0. The minimum atomic E-state index is -1.90. The molecule has 0 aromatic rings. The summed E-state index contributed by atoms with van der Waals surface area (Å²) in [5, 5.41) is 22.6. The van der Waals surface area contributed by atoms with Crippen LogP contribution < -0.4 is 10.2 Å². The smallest absolute Gasteiger partial charge is 0.549 e. The van der Waals surface area contributed by atoms with Crippen LogP contribution in [0.3, 0.4) is 0 Å². The average molecular weight is 394 g/mol.